The highest BCUT2D eigenvalue weighted by Crippen LogP contribution is 2.17. The first kappa shape index (κ1) is 21.7. The summed E-state index contributed by atoms with van der Waals surface area (Å²) in [6.07, 6.45) is 2.67. The van der Waals surface area contributed by atoms with Crippen molar-refractivity contribution in [1.29, 1.82) is 0 Å². The maximum absolute atomic E-state index is 6.03. The summed E-state index contributed by atoms with van der Waals surface area (Å²) < 4.78 is 6.03. The van der Waals surface area contributed by atoms with Crippen LogP contribution in [0.5, 0.6) is 5.75 Å². The first-order valence-electron chi connectivity index (χ1n) is 10.0. The van der Waals surface area contributed by atoms with Gasteiger partial charge >= 0.3 is 0 Å². The first-order chi connectivity index (χ1) is 13.8. The van der Waals surface area contributed by atoms with E-state index < -0.39 is 0 Å². The van der Waals surface area contributed by atoms with Gasteiger partial charge in [0.15, 0.2) is 5.96 Å². The lowest BCUT2D eigenvalue weighted by molar-refractivity contribution is 0.221. The molecule has 1 aromatic carbocycles. The van der Waals surface area contributed by atoms with Gasteiger partial charge in [-0.2, -0.15) is 0 Å². The molecular weight excluding hydrogens is 350 g/mol. The Balaban J connectivity index is 1.80. The molecule has 0 unspecified atom stereocenters. The number of aromatic nitrogens is 1. The van der Waals surface area contributed by atoms with Crippen LogP contribution in [0.1, 0.15) is 25.1 Å². The van der Waals surface area contributed by atoms with E-state index in [-0.39, 0.29) is 0 Å². The second-order valence-electron chi connectivity index (χ2n) is 6.41. The fourth-order valence-electron chi connectivity index (χ4n) is 2.87. The minimum Gasteiger partial charge on any atom is -0.492 e. The number of rotatable bonds is 11. The number of pyridine rings is 1. The molecule has 0 bridgehead atoms. The Morgan fingerprint density at radius 1 is 1.07 bits per heavy atom. The Kier molecular flexibility index (Phi) is 9.86. The highest BCUT2D eigenvalue weighted by molar-refractivity contribution is 5.79. The summed E-state index contributed by atoms with van der Waals surface area (Å²) in [7, 11) is 1.78. The second kappa shape index (κ2) is 12.7. The molecule has 0 amide bonds. The van der Waals surface area contributed by atoms with Crippen molar-refractivity contribution in [1.82, 2.24) is 20.5 Å². The fraction of sp³-hybridized carbons (Fsp3) is 0.455. The molecule has 0 aliphatic carbocycles. The van der Waals surface area contributed by atoms with Gasteiger partial charge in [0.2, 0.25) is 0 Å². The van der Waals surface area contributed by atoms with Crippen LogP contribution in [0.2, 0.25) is 0 Å². The van der Waals surface area contributed by atoms with E-state index in [9.17, 15) is 0 Å². The summed E-state index contributed by atoms with van der Waals surface area (Å²) in [6, 6.07) is 14.1. The molecule has 0 aliphatic rings. The summed E-state index contributed by atoms with van der Waals surface area (Å²) in [5.41, 5.74) is 2.19. The largest absolute Gasteiger partial charge is 0.492 e. The molecule has 1 aromatic heterocycles. The first-order valence-corrected chi connectivity index (χ1v) is 10.0. The van der Waals surface area contributed by atoms with Crippen molar-refractivity contribution in [3.63, 3.8) is 0 Å². The smallest absolute Gasteiger partial charge is 0.191 e. The lowest BCUT2D eigenvalue weighted by atomic mass is 10.2. The number of hydrogen-bond acceptors (Lipinski definition) is 4. The Hall–Kier alpha value is -2.60. The Bertz CT molecular complexity index is 701. The molecule has 2 rings (SSSR count). The van der Waals surface area contributed by atoms with Crippen LogP contribution in [0.3, 0.4) is 0 Å². The molecule has 0 fully saturated rings. The highest BCUT2D eigenvalue weighted by atomic mass is 16.5. The van der Waals surface area contributed by atoms with Crippen LogP contribution in [0.15, 0.2) is 53.7 Å². The van der Waals surface area contributed by atoms with Gasteiger partial charge in [-0.05, 0) is 31.3 Å². The number of nitrogens with one attached hydrogen (secondary N) is 2. The van der Waals surface area contributed by atoms with Gasteiger partial charge in [-0.3, -0.25) is 9.98 Å². The van der Waals surface area contributed by atoms with Crippen LogP contribution in [0, 0.1) is 0 Å². The molecule has 152 valence electrons. The molecule has 0 aliphatic heterocycles. The summed E-state index contributed by atoms with van der Waals surface area (Å²) in [4.78, 5) is 11.0. The molecule has 28 heavy (non-hydrogen) atoms. The topological polar surface area (TPSA) is 61.8 Å². The fourth-order valence-corrected chi connectivity index (χ4v) is 2.87. The zero-order valence-electron chi connectivity index (χ0n) is 17.3. The van der Waals surface area contributed by atoms with E-state index in [1.54, 1.807) is 7.05 Å². The van der Waals surface area contributed by atoms with Crippen molar-refractivity contribution in [2.45, 2.75) is 26.8 Å². The highest BCUT2D eigenvalue weighted by Gasteiger charge is 2.06. The van der Waals surface area contributed by atoms with Crippen molar-refractivity contribution < 1.29 is 4.74 Å². The predicted molar refractivity (Wildman–Crippen MR) is 116 cm³/mol. The number of likely N-dealkylation sites (N-methyl/N-ethyl adjacent to an activating group) is 1. The summed E-state index contributed by atoms with van der Waals surface area (Å²) >= 11 is 0. The zero-order chi connectivity index (χ0) is 20.0. The molecule has 0 atom stereocenters. The normalized spacial score (nSPS) is 11.5. The Morgan fingerprint density at radius 2 is 1.86 bits per heavy atom. The monoisotopic (exact) mass is 383 g/mol. The Morgan fingerprint density at radius 3 is 2.57 bits per heavy atom. The van der Waals surface area contributed by atoms with Gasteiger partial charge in [0.05, 0.1) is 0 Å². The molecule has 6 nitrogen and oxygen atoms in total. The standard InChI is InChI=1S/C22H33N5O/c1-4-27(5-2)16-17-28-21-12-7-6-10-19(21)18-26-22(23-3)25-15-13-20-11-8-9-14-24-20/h6-12,14H,4-5,13,15-18H2,1-3H3,(H2,23,25,26). The number of hydrogen-bond donors (Lipinski definition) is 2. The molecule has 1 heterocycles. The van der Waals surface area contributed by atoms with E-state index in [0.717, 1.165) is 55.6 Å². The van der Waals surface area contributed by atoms with Gasteiger partial charge in [0.25, 0.3) is 0 Å². The SMILES string of the molecule is CCN(CC)CCOc1ccccc1CNC(=NC)NCCc1ccccn1. The van der Waals surface area contributed by atoms with E-state index in [0.29, 0.717) is 13.2 Å². The minimum atomic E-state index is 0.657. The second-order valence-corrected chi connectivity index (χ2v) is 6.41. The maximum Gasteiger partial charge on any atom is 0.191 e. The van der Waals surface area contributed by atoms with E-state index in [1.165, 1.54) is 0 Å². The van der Waals surface area contributed by atoms with Crippen LogP contribution in [-0.2, 0) is 13.0 Å². The van der Waals surface area contributed by atoms with E-state index in [4.69, 9.17) is 4.74 Å². The molecule has 0 saturated heterocycles. The van der Waals surface area contributed by atoms with Crippen molar-refractivity contribution in [3.05, 3.63) is 59.9 Å². The van der Waals surface area contributed by atoms with E-state index in [2.05, 4.69) is 45.4 Å². The molecule has 0 saturated carbocycles. The number of ether oxygens (including phenoxy) is 1. The van der Waals surface area contributed by atoms with Gasteiger partial charge in [-0.15, -0.1) is 0 Å². The molecule has 2 aromatic rings. The van der Waals surface area contributed by atoms with Crippen molar-refractivity contribution in [3.8, 4) is 5.75 Å². The summed E-state index contributed by atoms with van der Waals surface area (Å²) in [5, 5.41) is 6.69. The summed E-state index contributed by atoms with van der Waals surface area (Å²) in [6.45, 7) is 9.50. The average molecular weight is 384 g/mol. The molecule has 0 spiro atoms. The predicted octanol–water partition coefficient (Wildman–Crippen LogP) is 2.71. The number of aliphatic imine (C=N–C) groups is 1. The molecular formula is C22H33N5O. The number of guanidine groups is 1. The lowest BCUT2D eigenvalue weighted by Gasteiger charge is -2.19. The molecule has 6 heteroatoms. The van der Waals surface area contributed by atoms with Gasteiger partial charge in [-0.1, -0.05) is 38.1 Å². The van der Waals surface area contributed by atoms with Crippen LogP contribution < -0.4 is 15.4 Å². The van der Waals surface area contributed by atoms with E-state index in [1.807, 2.05) is 42.6 Å². The quantitative estimate of drug-likeness (QED) is 0.461. The average Bonchev–Trinajstić information content (AvgIpc) is 2.75. The van der Waals surface area contributed by atoms with Crippen LogP contribution in [0.4, 0.5) is 0 Å². The minimum absolute atomic E-state index is 0.657. The third kappa shape index (κ3) is 7.56. The molecule has 2 N–H and O–H groups in total. The van der Waals surface area contributed by atoms with Crippen molar-refractivity contribution >= 4 is 5.96 Å². The van der Waals surface area contributed by atoms with Gasteiger partial charge in [-0.25, -0.2) is 0 Å². The van der Waals surface area contributed by atoms with Crippen LogP contribution in [-0.4, -0.2) is 55.7 Å². The van der Waals surface area contributed by atoms with Gasteiger partial charge < -0.3 is 20.3 Å². The van der Waals surface area contributed by atoms with Crippen LogP contribution >= 0.6 is 0 Å². The third-order valence-electron chi connectivity index (χ3n) is 4.60. The van der Waals surface area contributed by atoms with Crippen LogP contribution in [0.25, 0.3) is 0 Å². The Labute approximate surface area is 169 Å². The number of nitrogens with zero attached hydrogens (tertiary/aromatic N) is 3. The van der Waals surface area contributed by atoms with Crippen molar-refractivity contribution in [2.75, 3.05) is 39.8 Å². The molecule has 0 radical (unpaired) electrons. The zero-order valence-corrected chi connectivity index (χ0v) is 17.3. The van der Waals surface area contributed by atoms with Gasteiger partial charge in [0.1, 0.15) is 12.4 Å². The van der Waals surface area contributed by atoms with Gasteiger partial charge in [0, 0.05) is 50.6 Å². The number of para-hydroxylation sites is 1. The summed E-state index contributed by atoms with van der Waals surface area (Å²) in [5.74, 6) is 1.69. The lowest BCUT2D eigenvalue weighted by Crippen LogP contribution is -2.38. The maximum atomic E-state index is 6.03. The van der Waals surface area contributed by atoms with Crippen molar-refractivity contribution in [2.24, 2.45) is 4.99 Å². The van der Waals surface area contributed by atoms with E-state index >= 15 is 0 Å². The number of benzene rings is 1. The third-order valence-corrected chi connectivity index (χ3v) is 4.60.